The summed E-state index contributed by atoms with van der Waals surface area (Å²) in [7, 11) is 5.49. The fourth-order valence-electron chi connectivity index (χ4n) is 5.10. The summed E-state index contributed by atoms with van der Waals surface area (Å²) in [5, 5.41) is 24.0. The average Bonchev–Trinajstić information content (AvgIpc) is 3.28. The van der Waals surface area contributed by atoms with Crippen molar-refractivity contribution in [3.8, 4) is 6.07 Å². The van der Waals surface area contributed by atoms with E-state index in [-0.39, 0.29) is 22.9 Å². The Morgan fingerprint density at radius 2 is 1.73 bits per heavy atom. The Kier molecular flexibility index (Phi) is 9.29. The van der Waals surface area contributed by atoms with Gasteiger partial charge in [-0.1, -0.05) is 18.2 Å². The number of unbranched alkanes of at least 4 members (excludes halogenated alkanes) is 1. The third-order valence-electron chi connectivity index (χ3n) is 7.39. The van der Waals surface area contributed by atoms with E-state index in [0.717, 1.165) is 40.8 Å². The topological polar surface area (TPSA) is 128 Å². The number of carbonyl (C=O) groups excluding carboxylic acids is 1. The van der Waals surface area contributed by atoms with Gasteiger partial charge in [0.05, 0.1) is 22.8 Å². The summed E-state index contributed by atoms with van der Waals surface area (Å²) in [5.74, 6) is -1.99. The van der Waals surface area contributed by atoms with Crippen molar-refractivity contribution in [1.82, 2.24) is 24.1 Å². The molecule has 44 heavy (non-hydrogen) atoms. The number of nitriles is 1. The number of likely N-dealkylation sites (N-methyl/N-ethyl adjacent to an activating group) is 1. The molecule has 1 N–H and O–H groups in total. The first-order valence-electron chi connectivity index (χ1n) is 13.7. The zero-order valence-corrected chi connectivity index (χ0v) is 24.7. The number of carboxylic acids is 1. The van der Waals surface area contributed by atoms with E-state index in [1.54, 1.807) is 7.05 Å². The molecule has 0 fully saturated rings. The molecule has 4 rings (SSSR count). The van der Waals surface area contributed by atoms with Gasteiger partial charge in [0.1, 0.15) is 12.6 Å². The Bertz CT molecular complexity index is 1680. The molecular formula is C30H32F3N7O4. The first kappa shape index (κ1) is 32.0. The Labute approximate surface area is 251 Å². The van der Waals surface area contributed by atoms with Crippen LogP contribution in [0, 0.1) is 11.3 Å². The number of aromatic nitrogens is 3. The first-order chi connectivity index (χ1) is 20.7. The Morgan fingerprint density at radius 3 is 2.32 bits per heavy atom. The van der Waals surface area contributed by atoms with Crippen molar-refractivity contribution in [2.24, 2.45) is 0 Å². The molecule has 1 atom stereocenters. The number of hydrogen-bond donors (Lipinski definition) is 1. The fourth-order valence-corrected chi connectivity index (χ4v) is 5.10. The van der Waals surface area contributed by atoms with Crippen LogP contribution in [0.25, 0.3) is 0 Å². The van der Waals surface area contributed by atoms with Crippen LogP contribution < -0.4 is 10.6 Å². The predicted octanol–water partition coefficient (Wildman–Crippen LogP) is 3.84. The van der Waals surface area contributed by atoms with E-state index < -0.39 is 41.9 Å². The number of nitrogens with zero attached hydrogens (tertiary/aromatic N) is 7. The van der Waals surface area contributed by atoms with Gasteiger partial charge in [0.15, 0.2) is 0 Å². The number of allylic oxidation sites excluding steroid dienone is 1. The van der Waals surface area contributed by atoms with Gasteiger partial charge < -0.3 is 14.9 Å². The van der Waals surface area contributed by atoms with Crippen LogP contribution in [0.5, 0.6) is 0 Å². The van der Waals surface area contributed by atoms with Gasteiger partial charge in [-0.3, -0.25) is 9.69 Å². The molecule has 232 valence electrons. The maximum Gasteiger partial charge on any atom is 0.416 e. The number of amides is 1. The predicted molar refractivity (Wildman–Crippen MR) is 155 cm³/mol. The molecule has 2 heterocycles. The highest BCUT2D eigenvalue weighted by Crippen LogP contribution is 2.42. The number of carbonyl (C=O) groups is 2. The van der Waals surface area contributed by atoms with E-state index >= 15 is 0 Å². The van der Waals surface area contributed by atoms with Gasteiger partial charge in [0, 0.05) is 25.0 Å². The third kappa shape index (κ3) is 6.52. The van der Waals surface area contributed by atoms with Crippen molar-refractivity contribution in [1.29, 1.82) is 5.26 Å². The minimum absolute atomic E-state index is 0.0279. The molecule has 1 unspecified atom stereocenters. The second kappa shape index (κ2) is 12.8. The molecule has 0 saturated carbocycles. The van der Waals surface area contributed by atoms with Gasteiger partial charge in [-0.2, -0.15) is 18.4 Å². The third-order valence-corrected chi connectivity index (χ3v) is 7.39. The zero-order valence-electron chi connectivity index (χ0n) is 24.7. The minimum atomic E-state index is -4.69. The normalized spacial score (nSPS) is 14.9. The number of rotatable bonds is 10. The molecule has 1 amide bonds. The summed E-state index contributed by atoms with van der Waals surface area (Å²) in [4.78, 5) is 44.4. The number of anilines is 2. The lowest BCUT2D eigenvalue weighted by Crippen LogP contribution is -2.39. The average molecular weight is 612 g/mol. The number of fused-ring (bicyclic) bond motifs is 1. The lowest BCUT2D eigenvalue weighted by molar-refractivity contribution is -0.137. The van der Waals surface area contributed by atoms with Crippen LogP contribution in [0.15, 0.2) is 64.6 Å². The van der Waals surface area contributed by atoms with E-state index in [2.05, 4.69) is 5.10 Å². The van der Waals surface area contributed by atoms with Crippen LogP contribution in [0.3, 0.4) is 0 Å². The number of alkyl halides is 3. The van der Waals surface area contributed by atoms with Gasteiger partial charge in [-0.15, -0.1) is 5.10 Å². The first-order valence-corrected chi connectivity index (χ1v) is 13.7. The highest BCUT2D eigenvalue weighted by Gasteiger charge is 2.40. The van der Waals surface area contributed by atoms with E-state index in [9.17, 15) is 37.9 Å². The molecule has 0 aliphatic carbocycles. The molecule has 1 aliphatic rings. The maximum atomic E-state index is 13.9. The molecule has 11 nitrogen and oxygen atoms in total. The van der Waals surface area contributed by atoms with E-state index in [4.69, 9.17) is 0 Å². The van der Waals surface area contributed by atoms with Gasteiger partial charge in [0.25, 0.3) is 0 Å². The smallest absolute Gasteiger partial charge is 0.416 e. The number of benzene rings is 2. The highest BCUT2D eigenvalue weighted by molar-refractivity contribution is 5.92. The quantitative estimate of drug-likeness (QED) is 0.343. The molecule has 1 aromatic heterocycles. The lowest BCUT2D eigenvalue weighted by Gasteiger charge is -2.35. The second-order valence-electron chi connectivity index (χ2n) is 10.8. The van der Waals surface area contributed by atoms with Crippen LogP contribution >= 0.6 is 0 Å². The van der Waals surface area contributed by atoms with Crippen molar-refractivity contribution >= 4 is 23.5 Å². The molecule has 2 aromatic carbocycles. The molecule has 0 spiro atoms. The number of halogens is 3. The van der Waals surface area contributed by atoms with Crippen LogP contribution in [0.1, 0.15) is 42.5 Å². The lowest BCUT2D eigenvalue weighted by atomic mass is 9.94. The Hall–Kier alpha value is -4.90. The SMILES string of the molecule is CC1=C(C(=O)O)C(c2ccc(C#N)cc2)n2c(nn(CC(=O)N(C)CCCCN(C)C)c2=O)N1c1cccc(C(F)(F)F)c1. The summed E-state index contributed by atoms with van der Waals surface area (Å²) in [6.07, 6.45) is -3.11. The Morgan fingerprint density at radius 1 is 1.07 bits per heavy atom. The molecule has 3 aromatic rings. The highest BCUT2D eigenvalue weighted by atomic mass is 19.4. The summed E-state index contributed by atoms with van der Waals surface area (Å²) in [6, 6.07) is 10.9. The van der Waals surface area contributed by atoms with Crippen LogP contribution in [-0.2, 0) is 22.3 Å². The van der Waals surface area contributed by atoms with Crippen molar-refractivity contribution in [2.45, 2.75) is 38.5 Å². The van der Waals surface area contributed by atoms with Crippen LogP contribution in [-0.4, -0.2) is 75.4 Å². The van der Waals surface area contributed by atoms with Crippen molar-refractivity contribution in [2.75, 3.05) is 39.1 Å². The van der Waals surface area contributed by atoms with Crippen LogP contribution in [0.4, 0.5) is 24.8 Å². The molecule has 0 saturated heterocycles. The molecule has 0 radical (unpaired) electrons. The molecule has 0 bridgehead atoms. The number of carboxylic acid groups (broad SMARTS) is 1. The van der Waals surface area contributed by atoms with Crippen LogP contribution in [0.2, 0.25) is 0 Å². The molecular weight excluding hydrogens is 579 g/mol. The van der Waals surface area contributed by atoms with Gasteiger partial charge in [0.2, 0.25) is 11.9 Å². The summed E-state index contributed by atoms with van der Waals surface area (Å²) >= 11 is 0. The van der Waals surface area contributed by atoms with Gasteiger partial charge in [-0.25, -0.2) is 18.8 Å². The monoisotopic (exact) mass is 611 g/mol. The van der Waals surface area contributed by atoms with Gasteiger partial charge in [-0.05, 0) is 76.3 Å². The van der Waals surface area contributed by atoms with E-state index in [0.29, 0.717) is 17.7 Å². The summed E-state index contributed by atoms with van der Waals surface area (Å²) in [5.41, 5.74) is -1.50. The zero-order chi connectivity index (χ0) is 32.3. The van der Waals surface area contributed by atoms with E-state index in [1.807, 2.05) is 25.1 Å². The summed E-state index contributed by atoms with van der Waals surface area (Å²) in [6.45, 7) is 2.22. The number of aliphatic carboxylic acids is 1. The Balaban J connectivity index is 1.85. The fraction of sp³-hybridized carbons (Fsp3) is 0.367. The summed E-state index contributed by atoms with van der Waals surface area (Å²) < 4.78 is 42.9. The van der Waals surface area contributed by atoms with Crippen molar-refractivity contribution in [3.63, 3.8) is 0 Å². The number of hydrogen-bond acceptors (Lipinski definition) is 7. The van der Waals surface area contributed by atoms with E-state index in [1.165, 1.54) is 53.1 Å². The molecule has 14 heteroatoms. The van der Waals surface area contributed by atoms with Crippen molar-refractivity contribution < 1.29 is 27.9 Å². The largest absolute Gasteiger partial charge is 0.478 e. The van der Waals surface area contributed by atoms with Gasteiger partial charge >= 0.3 is 17.8 Å². The standard InChI is InChI=1S/C30H32F3N7O4/c1-19-25(27(42)43)26(21-12-10-20(17-34)11-13-21)40-28(39(19)23-9-7-8-22(16-23)30(31,32)33)35-38(29(40)44)18-24(41)37(4)15-6-5-14-36(2)3/h7-13,16,26H,5-6,14-15,18H2,1-4H3,(H,42,43). The second-order valence-corrected chi connectivity index (χ2v) is 10.8. The van der Waals surface area contributed by atoms with Crippen molar-refractivity contribution in [3.05, 3.63) is 87.0 Å². The molecule has 1 aliphatic heterocycles. The minimum Gasteiger partial charge on any atom is -0.478 e. The maximum absolute atomic E-state index is 13.9.